The Morgan fingerprint density at radius 3 is 2.93 bits per heavy atom. The van der Waals surface area contributed by atoms with Crippen LogP contribution < -0.4 is 5.56 Å². The summed E-state index contributed by atoms with van der Waals surface area (Å²) in [5, 5.41) is 5.35. The number of nitrogens with zero attached hydrogens (tertiary/aromatic N) is 3. The van der Waals surface area contributed by atoms with Crippen LogP contribution in [0.1, 0.15) is 43.6 Å². The topological polar surface area (TPSA) is 60.9 Å². The van der Waals surface area contributed by atoms with E-state index in [0.717, 1.165) is 41.4 Å². The summed E-state index contributed by atoms with van der Waals surface area (Å²) < 4.78 is 7.13. The second-order valence-electron chi connectivity index (χ2n) is 6.95. The minimum absolute atomic E-state index is 0.0354. The van der Waals surface area contributed by atoms with Crippen LogP contribution in [0.15, 0.2) is 56.5 Å². The first-order valence-electron chi connectivity index (χ1n) is 9.43. The largest absolute Gasteiger partial charge is 0.360 e. The molecule has 3 aromatic rings. The van der Waals surface area contributed by atoms with Gasteiger partial charge in [-0.25, -0.2) is 4.98 Å². The quantitative estimate of drug-likeness (QED) is 0.346. The van der Waals surface area contributed by atoms with E-state index in [-0.39, 0.29) is 5.56 Å². The Hall–Kier alpha value is -2.34. The van der Waals surface area contributed by atoms with Gasteiger partial charge in [0.1, 0.15) is 5.76 Å². The smallest absolute Gasteiger partial charge is 0.262 e. The fraction of sp³-hybridized carbons (Fsp3) is 0.381. The van der Waals surface area contributed by atoms with Crippen LogP contribution in [0.25, 0.3) is 10.9 Å². The molecule has 1 aliphatic carbocycles. The molecule has 0 saturated heterocycles. The predicted octanol–water partition coefficient (Wildman–Crippen LogP) is 4.88. The number of hydrogen-bond acceptors (Lipinski definition) is 5. The first-order chi connectivity index (χ1) is 13.2. The SMILES string of the molecule is Cc1cc(CSc2nc3ccccc3c(=O)n2CCC2=CCCCC2)on1. The molecule has 2 heterocycles. The highest BCUT2D eigenvalue weighted by Gasteiger charge is 2.14. The van der Waals surface area contributed by atoms with Gasteiger partial charge in [-0.2, -0.15) is 0 Å². The van der Waals surface area contributed by atoms with Gasteiger partial charge in [0.15, 0.2) is 5.16 Å². The maximum Gasteiger partial charge on any atom is 0.262 e. The van der Waals surface area contributed by atoms with Crippen LogP contribution in [0.5, 0.6) is 0 Å². The molecule has 0 atom stereocenters. The van der Waals surface area contributed by atoms with Gasteiger partial charge in [0, 0.05) is 12.6 Å². The monoisotopic (exact) mass is 381 g/mol. The van der Waals surface area contributed by atoms with Crippen molar-refractivity contribution < 1.29 is 4.52 Å². The summed E-state index contributed by atoms with van der Waals surface area (Å²) in [6.45, 7) is 2.57. The van der Waals surface area contributed by atoms with Gasteiger partial charge in [0.05, 0.1) is 22.3 Å². The van der Waals surface area contributed by atoms with Gasteiger partial charge in [0.2, 0.25) is 0 Å². The third kappa shape index (κ3) is 4.16. The number of hydrogen-bond donors (Lipinski definition) is 0. The summed E-state index contributed by atoms with van der Waals surface area (Å²) in [5.41, 5.74) is 3.10. The molecule has 1 aromatic carbocycles. The van der Waals surface area contributed by atoms with Crippen molar-refractivity contribution in [2.75, 3.05) is 0 Å². The molecular weight excluding hydrogens is 358 g/mol. The fourth-order valence-electron chi connectivity index (χ4n) is 3.46. The zero-order valence-corrected chi connectivity index (χ0v) is 16.3. The molecule has 0 aliphatic heterocycles. The van der Waals surface area contributed by atoms with E-state index in [1.165, 1.54) is 30.2 Å². The van der Waals surface area contributed by atoms with E-state index in [4.69, 9.17) is 9.51 Å². The molecule has 6 heteroatoms. The average molecular weight is 382 g/mol. The Bertz CT molecular complexity index is 1040. The lowest BCUT2D eigenvalue weighted by Crippen LogP contribution is -2.23. The summed E-state index contributed by atoms with van der Waals surface area (Å²) in [5.74, 6) is 1.40. The van der Waals surface area contributed by atoms with Gasteiger partial charge >= 0.3 is 0 Å². The first-order valence-corrected chi connectivity index (χ1v) is 10.4. The van der Waals surface area contributed by atoms with E-state index in [2.05, 4.69) is 11.2 Å². The van der Waals surface area contributed by atoms with Crippen molar-refractivity contribution >= 4 is 22.7 Å². The molecule has 0 unspecified atom stereocenters. The Kier molecular flexibility index (Phi) is 5.43. The van der Waals surface area contributed by atoms with Crippen LogP contribution in [0, 0.1) is 6.92 Å². The minimum Gasteiger partial charge on any atom is -0.360 e. The molecule has 5 nitrogen and oxygen atoms in total. The van der Waals surface area contributed by atoms with Crippen molar-refractivity contribution in [3.63, 3.8) is 0 Å². The molecule has 2 aromatic heterocycles. The molecule has 0 fully saturated rings. The number of aryl methyl sites for hydroxylation is 1. The highest BCUT2D eigenvalue weighted by molar-refractivity contribution is 7.98. The van der Waals surface area contributed by atoms with Gasteiger partial charge in [0.25, 0.3) is 5.56 Å². The molecule has 0 saturated carbocycles. The lowest BCUT2D eigenvalue weighted by Gasteiger charge is -2.16. The van der Waals surface area contributed by atoms with Gasteiger partial charge < -0.3 is 4.52 Å². The van der Waals surface area contributed by atoms with Crippen molar-refractivity contribution in [2.24, 2.45) is 0 Å². The maximum atomic E-state index is 13.1. The molecule has 1 aliphatic rings. The van der Waals surface area contributed by atoms with Crippen molar-refractivity contribution in [3.05, 3.63) is 63.8 Å². The summed E-state index contributed by atoms with van der Waals surface area (Å²) in [4.78, 5) is 17.9. The molecule has 0 spiro atoms. The number of benzene rings is 1. The third-order valence-electron chi connectivity index (χ3n) is 4.89. The van der Waals surface area contributed by atoms with Crippen LogP contribution in [-0.2, 0) is 12.3 Å². The zero-order valence-electron chi connectivity index (χ0n) is 15.5. The van der Waals surface area contributed by atoms with Crippen LogP contribution in [0.3, 0.4) is 0 Å². The number of rotatable bonds is 6. The molecule has 0 radical (unpaired) electrons. The van der Waals surface area contributed by atoms with Crippen LogP contribution in [0.4, 0.5) is 0 Å². The van der Waals surface area contributed by atoms with E-state index in [0.29, 0.717) is 17.7 Å². The van der Waals surface area contributed by atoms with E-state index < -0.39 is 0 Å². The second kappa shape index (κ2) is 8.13. The Morgan fingerprint density at radius 1 is 1.26 bits per heavy atom. The molecule has 0 bridgehead atoms. The molecule has 4 rings (SSSR count). The number of fused-ring (bicyclic) bond motifs is 1. The molecular formula is C21H23N3O2S. The van der Waals surface area contributed by atoms with Gasteiger partial charge in [-0.05, 0) is 51.2 Å². The standard InChI is InChI=1S/C21H23N3O2S/c1-15-13-17(26-23-15)14-27-21-22-19-10-6-5-9-18(19)20(25)24(21)12-11-16-7-3-2-4-8-16/h5-7,9-10,13H,2-4,8,11-12,14H2,1H3. The summed E-state index contributed by atoms with van der Waals surface area (Å²) >= 11 is 1.53. The van der Waals surface area contributed by atoms with Gasteiger partial charge in [-0.15, -0.1) is 0 Å². The van der Waals surface area contributed by atoms with Crippen LogP contribution in [0.2, 0.25) is 0 Å². The van der Waals surface area contributed by atoms with Gasteiger partial charge in [-0.1, -0.05) is 40.7 Å². The summed E-state index contributed by atoms with van der Waals surface area (Å²) in [7, 11) is 0. The van der Waals surface area contributed by atoms with Crippen LogP contribution in [-0.4, -0.2) is 14.7 Å². The van der Waals surface area contributed by atoms with Crippen molar-refractivity contribution in [1.82, 2.24) is 14.7 Å². The Labute approximate surface area is 162 Å². The van der Waals surface area contributed by atoms with Crippen molar-refractivity contribution in [3.8, 4) is 0 Å². The summed E-state index contributed by atoms with van der Waals surface area (Å²) in [6, 6.07) is 9.48. The predicted molar refractivity (Wildman–Crippen MR) is 108 cm³/mol. The van der Waals surface area contributed by atoms with Crippen molar-refractivity contribution in [1.29, 1.82) is 0 Å². The van der Waals surface area contributed by atoms with Crippen molar-refractivity contribution in [2.45, 2.75) is 56.5 Å². The molecule has 27 heavy (non-hydrogen) atoms. The normalized spacial score (nSPS) is 14.5. The van der Waals surface area contributed by atoms with E-state index in [1.54, 1.807) is 0 Å². The number of allylic oxidation sites excluding steroid dienone is 2. The maximum absolute atomic E-state index is 13.1. The van der Waals surface area contributed by atoms with E-state index in [1.807, 2.05) is 41.8 Å². The highest BCUT2D eigenvalue weighted by atomic mass is 32.2. The van der Waals surface area contributed by atoms with E-state index >= 15 is 0 Å². The minimum atomic E-state index is 0.0354. The lowest BCUT2D eigenvalue weighted by atomic mass is 9.97. The number of thioether (sulfide) groups is 1. The molecule has 0 amide bonds. The molecule has 0 N–H and O–H groups in total. The highest BCUT2D eigenvalue weighted by Crippen LogP contribution is 2.25. The Morgan fingerprint density at radius 2 is 2.15 bits per heavy atom. The third-order valence-corrected chi connectivity index (χ3v) is 5.89. The second-order valence-corrected chi connectivity index (χ2v) is 7.89. The molecule has 140 valence electrons. The number of aromatic nitrogens is 3. The first kappa shape index (κ1) is 18.0. The Balaban J connectivity index is 1.64. The number of para-hydroxylation sites is 1. The van der Waals surface area contributed by atoms with Crippen LogP contribution >= 0.6 is 11.8 Å². The van der Waals surface area contributed by atoms with E-state index in [9.17, 15) is 4.79 Å². The zero-order chi connectivity index (χ0) is 18.6. The lowest BCUT2D eigenvalue weighted by molar-refractivity contribution is 0.391. The summed E-state index contributed by atoms with van der Waals surface area (Å²) in [6.07, 6.45) is 8.09. The van der Waals surface area contributed by atoms with Gasteiger partial charge in [-0.3, -0.25) is 9.36 Å². The average Bonchev–Trinajstić information content (AvgIpc) is 3.12. The fourth-order valence-corrected chi connectivity index (χ4v) is 4.36.